The number of rotatable bonds is 6. The zero-order valence-corrected chi connectivity index (χ0v) is 17.1. The van der Waals surface area contributed by atoms with Crippen molar-refractivity contribution in [2.45, 2.75) is 20.8 Å². The van der Waals surface area contributed by atoms with Crippen molar-refractivity contribution in [2.24, 2.45) is 12.8 Å². The van der Waals surface area contributed by atoms with Crippen LogP contribution >= 0.6 is 11.3 Å². The molecule has 4 N–H and O–H groups in total. The average Bonchev–Trinajstić information content (AvgIpc) is 3.15. The number of amides is 2. The lowest BCUT2D eigenvalue weighted by atomic mass is 10.0. The van der Waals surface area contributed by atoms with Crippen LogP contribution in [0.3, 0.4) is 0 Å². The normalized spacial score (nSPS) is 10.7. The molecule has 3 aromatic rings. The van der Waals surface area contributed by atoms with Crippen LogP contribution in [0.5, 0.6) is 0 Å². The molecule has 0 saturated carbocycles. The van der Waals surface area contributed by atoms with E-state index >= 15 is 0 Å². The van der Waals surface area contributed by atoms with Crippen molar-refractivity contribution in [2.75, 3.05) is 17.2 Å². The summed E-state index contributed by atoms with van der Waals surface area (Å²) in [5, 5.41) is 6.75. The Kier molecular flexibility index (Phi) is 5.51. The van der Waals surface area contributed by atoms with Crippen LogP contribution < -0.4 is 16.4 Å². The Labute approximate surface area is 167 Å². The van der Waals surface area contributed by atoms with E-state index in [1.165, 1.54) is 11.3 Å². The van der Waals surface area contributed by atoms with Gasteiger partial charge in [0.1, 0.15) is 5.00 Å². The summed E-state index contributed by atoms with van der Waals surface area (Å²) in [6, 6.07) is 9.92. The van der Waals surface area contributed by atoms with Gasteiger partial charge in [-0.1, -0.05) is 41.7 Å². The molecule has 0 spiro atoms. The quantitative estimate of drug-likeness (QED) is 0.592. The summed E-state index contributed by atoms with van der Waals surface area (Å²) >= 11 is 1.19. The number of primary amides is 1. The third-order valence-corrected chi connectivity index (χ3v) is 5.55. The topological polar surface area (TPSA) is 102 Å². The van der Waals surface area contributed by atoms with E-state index in [0.29, 0.717) is 22.2 Å². The molecule has 0 saturated heterocycles. The lowest BCUT2D eigenvalue weighted by Crippen LogP contribution is -2.18. The number of anilines is 2. The van der Waals surface area contributed by atoms with Crippen molar-refractivity contribution < 1.29 is 9.59 Å². The van der Waals surface area contributed by atoms with Gasteiger partial charge in [-0.2, -0.15) is 0 Å². The van der Waals surface area contributed by atoms with E-state index in [0.717, 1.165) is 22.5 Å². The Hall–Kier alpha value is -3.13. The molecular formula is C20H23N5O2S. The first-order valence-electron chi connectivity index (χ1n) is 8.92. The summed E-state index contributed by atoms with van der Waals surface area (Å²) in [6.07, 6.45) is 0. The van der Waals surface area contributed by atoms with Gasteiger partial charge in [0.2, 0.25) is 0 Å². The number of nitrogens with one attached hydrogen (secondary N) is 2. The van der Waals surface area contributed by atoms with Crippen molar-refractivity contribution in [3.05, 3.63) is 52.8 Å². The highest BCUT2D eigenvalue weighted by molar-refractivity contribution is 7.20. The van der Waals surface area contributed by atoms with Gasteiger partial charge in [-0.05, 0) is 31.9 Å². The van der Waals surface area contributed by atoms with Gasteiger partial charge in [-0.3, -0.25) is 9.59 Å². The molecule has 0 aliphatic heterocycles. The second kappa shape index (κ2) is 7.85. The predicted octanol–water partition coefficient (Wildman–Crippen LogP) is 3.55. The summed E-state index contributed by atoms with van der Waals surface area (Å²) in [5.74, 6) is -0.968. The number of thiazole rings is 1. The number of benzene rings is 1. The SMILES string of the molecule is CCNc1nc(C(N)=O)c(NC(=O)c2c(C)c(-c3ccccc3)n(C)c2C)s1. The molecule has 7 nitrogen and oxygen atoms in total. The predicted molar refractivity (Wildman–Crippen MR) is 113 cm³/mol. The molecule has 0 aliphatic rings. The highest BCUT2D eigenvalue weighted by Crippen LogP contribution is 2.33. The molecule has 0 fully saturated rings. The Morgan fingerprint density at radius 2 is 1.89 bits per heavy atom. The van der Waals surface area contributed by atoms with E-state index < -0.39 is 5.91 Å². The van der Waals surface area contributed by atoms with E-state index in [2.05, 4.69) is 15.6 Å². The number of hydrogen-bond acceptors (Lipinski definition) is 5. The van der Waals surface area contributed by atoms with Gasteiger partial charge in [0.25, 0.3) is 11.8 Å². The fourth-order valence-corrected chi connectivity index (χ4v) is 4.22. The van der Waals surface area contributed by atoms with Gasteiger partial charge in [-0.25, -0.2) is 4.98 Å². The van der Waals surface area contributed by atoms with E-state index in [9.17, 15) is 9.59 Å². The molecule has 146 valence electrons. The van der Waals surface area contributed by atoms with E-state index in [-0.39, 0.29) is 11.6 Å². The Balaban J connectivity index is 2.00. The van der Waals surface area contributed by atoms with E-state index in [1.807, 2.05) is 62.7 Å². The summed E-state index contributed by atoms with van der Waals surface area (Å²) < 4.78 is 2.01. The van der Waals surface area contributed by atoms with Gasteiger partial charge in [0.15, 0.2) is 10.8 Å². The third kappa shape index (κ3) is 3.50. The Bertz CT molecular complexity index is 1040. The largest absolute Gasteiger partial charge is 0.364 e. The molecule has 0 aliphatic carbocycles. The zero-order valence-electron chi connectivity index (χ0n) is 16.3. The van der Waals surface area contributed by atoms with Crippen LogP contribution in [0.1, 0.15) is 39.0 Å². The molecule has 0 bridgehead atoms. The fraction of sp³-hybridized carbons (Fsp3) is 0.250. The Morgan fingerprint density at radius 1 is 1.21 bits per heavy atom. The summed E-state index contributed by atoms with van der Waals surface area (Å²) in [6.45, 7) is 6.40. The Morgan fingerprint density at radius 3 is 2.50 bits per heavy atom. The maximum Gasteiger partial charge on any atom is 0.270 e. The van der Waals surface area contributed by atoms with Crippen LogP contribution in [0.25, 0.3) is 11.3 Å². The maximum atomic E-state index is 13.1. The van der Waals surface area contributed by atoms with Gasteiger partial charge in [0.05, 0.1) is 11.3 Å². The summed E-state index contributed by atoms with van der Waals surface area (Å²) in [4.78, 5) is 29.0. The van der Waals surface area contributed by atoms with E-state index in [1.54, 1.807) is 0 Å². The minimum Gasteiger partial charge on any atom is -0.364 e. The number of carbonyl (C=O) groups excluding carboxylic acids is 2. The molecule has 1 aromatic carbocycles. The first kappa shape index (κ1) is 19.6. The van der Waals surface area contributed by atoms with Crippen molar-refractivity contribution in [1.82, 2.24) is 9.55 Å². The molecule has 8 heteroatoms. The summed E-state index contributed by atoms with van der Waals surface area (Å²) in [7, 11) is 1.94. The molecule has 28 heavy (non-hydrogen) atoms. The van der Waals surface area contributed by atoms with Crippen LogP contribution in [0.4, 0.5) is 10.1 Å². The monoisotopic (exact) mass is 397 g/mol. The molecule has 0 radical (unpaired) electrons. The molecule has 2 amide bonds. The van der Waals surface area contributed by atoms with Crippen molar-refractivity contribution in [1.29, 1.82) is 0 Å². The third-order valence-electron chi connectivity index (χ3n) is 4.62. The minimum absolute atomic E-state index is 0.0591. The van der Waals surface area contributed by atoms with Crippen LogP contribution in [0.2, 0.25) is 0 Å². The van der Waals surface area contributed by atoms with Crippen LogP contribution in [-0.2, 0) is 7.05 Å². The second-order valence-corrected chi connectivity index (χ2v) is 7.40. The molecule has 2 aromatic heterocycles. The molecule has 3 rings (SSSR count). The van der Waals surface area contributed by atoms with E-state index in [4.69, 9.17) is 5.73 Å². The molecule has 2 heterocycles. The number of aromatic nitrogens is 2. The van der Waals surface area contributed by atoms with Gasteiger partial charge >= 0.3 is 0 Å². The highest BCUT2D eigenvalue weighted by atomic mass is 32.1. The van der Waals surface area contributed by atoms with Crippen LogP contribution in [0.15, 0.2) is 30.3 Å². The van der Waals surface area contributed by atoms with Gasteiger partial charge in [0, 0.05) is 19.3 Å². The summed E-state index contributed by atoms with van der Waals surface area (Å²) in [5.41, 5.74) is 9.80. The van der Waals surface area contributed by atoms with Crippen molar-refractivity contribution in [3.63, 3.8) is 0 Å². The second-order valence-electron chi connectivity index (χ2n) is 6.40. The van der Waals surface area contributed by atoms with Crippen LogP contribution in [0, 0.1) is 13.8 Å². The lowest BCUT2D eigenvalue weighted by Gasteiger charge is -2.06. The maximum absolute atomic E-state index is 13.1. The van der Waals surface area contributed by atoms with Gasteiger partial charge in [-0.15, -0.1) is 0 Å². The number of nitrogens with two attached hydrogens (primary N) is 1. The number of hydrogen-bond donors (Lipinski definition) is 3. The lowest BCUT2D eigenvalue weighted by molar-refractivity contribution is 0.0997. The number of carbonyl (C=O) groups is 2. The van der Waals surface area contributed by atoms with Crippen molar-refractivity contribution in [3.8, 4) is 11.3 Å². The first-order valence-corrected chi connectivity index (χ1v) is 9.73. The molecule has 0 unspecified atom stereocenters. The van der Waals surface area contributed by atoms with Crippen molar-refractivity contribution >= 4 is 33.3 Å². The van der Waals surface area contributed by atoms with Crippen LogP contribution in [-0.4, -0.2) is 27.9 Å². The smallest absolute Gasteiger partial charge is 0.270 e. The average molecular weight is 398 g/mol. The fourth-order valence-electron chi connectivity index (χ4n) is 3.28. The minimum atomic E-state index is -0.679. The van der Waals surface area contributed by atoms with Gasteiger partial charge < -0.3 is 20.9 Å². The standard InChI is InChI=1S/C20H23N5O2S/c1-5-22-20-23-15(17(21)26)19(28-20)24-18(27)14-11(2)16(25(4)12(14)3)13-9-7-6-8-10-13/h6-10H,5H2,1-4H3,(H2,21,26)(H,22,23)(H,24,27). The molecular weight excluding hydrogens is 374 g/mol. The first-order chi connectivity index (χ1) is 13.3. The highest BCUT2D eigenvalue weighted by Gasteiger charge is 2.24. The zero-order chi connectivity index (χ0) is 20.4. The molecule has 0 atom stereocenters. The number of nitrogens with zero attached hydrogens (tertiary/aromatic N) is 2.